The monoisotopic (exact) mass is 249 g/mol. The minimum absolute atomic E-state index is 0.575. The number of rotatable bonds is 1. The van der Waals surface area contributed by atoms with E-state index >= 15 is 0 Å². The number of hydrogen-bond donors (Lipinski definition) is 1. The van der Waals surface area contributed by atoms with Crippen molar-refractivity contribution in [2.45, 2.75) is 18.8 Å². The molecular formula is C13H16ClN3. The van der Waals surface area contributed by atoms with Crippen molar-refractivity contribution in [2.24, 2.45) is 0 Å². The van der Waals surface area contributed by atoms with Crippen molar-refractivity contribution in [1.29, 1.82) is 0 Å². The summed E-state index contributed by atoms with van der Waals surface area (Å²) in [6.45, 7) is 2.33. The first-order valence-corrected chi connectivity index (χ1v) is 6.44. The highest BCUT2D eigenvalue weighted by Crippen LogP contribution is 2.32. The largest absolute Gasteiger partial charge is 0.360 e. The van der Waals surface area contributed by atoms with Crippen LogP contribution in [0.1, 0.15) is 24.3 Å². The molecule has 0 aliphatic carbocycles. The van der Waals surface area contributed by atoms with Crippen molar-refractivity contribution >= 4 is 22.6 Å². The Balaban J connectivity index is 1.97. The third-order valence-corrected chi connectivity index (χ3v) is 3.89. The first-order chi connectivity index (χ1) is 8.24. The number of likely N-dealkylation sites (tertiary alicyclic amines) is 1. The van der Waals surface area contributed by atoms with Crippen LogP contribution in [0.3, 0.4) is 0 Å². The molecule has 3 heterocycles. The summed E-state index contributed by atoms with van der Waals surface area (Å²) in [5.74, 6) is 0.617. The van der Waals surface area contributed by atoms with Crippen LogP contribution in [0.5, 0.6) is 0 Å². The highest BCUT2D eigenvalue weighted by molar-refractivity contribution is 6.29. The smallest absolute Gasteiger partial charge is 0.129 e. The number of nitrogens with one attached hydrogen (secondary N) is 1. The van der Waals surface area contributed by atoms with E-state index in [-0.39, 0.29) is 0 Å². The Labute approximate surface area is 106 Å². The predicted octanol–water partition coefficient (Wildman–Crippen LogP) is 3.03. The number of halogens is 1. The van der Waals surface area contributed by atoms with Crippen LogP contribution in [-0.4, -0.2) is 35.0 Å². The molecule has 17 heavy (non-hydrogen) atoms. The lowest BCUT2D eigenvalue weighted by atomic mass is 9.91. The summed E-state index contributed by atoms with van der Waals surface area (Å²) in [6, 6.07) is 3.84. The Kier molecular flexibility index (Phi) is 2.81. The molecule has 1 saturated heterocycles. The molecule has 4 heteroatoms. The van der Waals surface area contributed by atoms with Crippen LogP contribution in [-0.2, 0) is 0 Å². The van der Waals surface area contributed by atoms with Gasteiger partial charge in [-0.15, -0.1) is 0 Å². The van der Waals surface area contributed by atoms with E-state index in [2.05, 4.69) is 28.1 Å². The molecular weight excluding hydrogens is 234 g/mol. The molecule has 1 aliphatic rings. The molecule has 0 radical (unpaired) electrons. The highest BCUT2D eigenvalue weighted by Gasteiger charge is 2.21. The minimum Gasteiger partial charge on any atom is -0.360 e. The number of hydrogen-bond acceptors (Lipinski definition) is 2. The number of aromatic amines is 1. The van der Waals surface area contributed by atoms with Gasteiger partial charge < -0.3 is 9.88 Å². The maximum Gasteiger partial charge on any atom is 0.129 e. The summed E-state index contributed by atoms with van der Waals surface area (Å²) in [4.78, 5) is 10.1. The number of piperidine rings is 1. The zero-order chi connectivity index (χ0) is 11.8. The van der Waals surface area contributed by atoms with Gasteiger partial charge in [-0.25, -0.2) is 4.98 Å². The third-order valence-electron chi connectivity index (χ3n) is 3.68. The molecule has 90 valence electrons. The molecule has 3 rings (SSSR count). The Morgan fingerprint density at radius 3 is 2.88 bits per heavy atom. The molecule has 0 atom stereocenters. The van der Waals surface area contributed by atoms with Gasteiger partial charge in [0.05, 0.1) is 11.0 Å². The van der Waals surface area contributed by atoms with Gasteiger partial charge >= 0.3 is 0 Å². The molecule has 0 saturated carbocycles. The average Bonchev–Trinajstić information content (AvgIpc) is 2.73. The molecule has 1 fully saturated rings. The van der Waals surface area contributed by atoms with Gasteiger partial charge in [0, 0.05) is 6.20 Å². The van der Waals surface area contributed by atoms with E-state index < -0.39 is 0 Å². The average molecular weight is 250 g/mol. The SMILES string of the molecule is CN1CCC(c2c[nH]c3ccc(Cl)nc23)CC1. The summed E-state index contributed by atoms with van der Waals surface area (Å²) in [7, 11) is 2.18. The number of aromatic nitrogens is 2. The van der Waals surface area contributed by atoms with E-state index in [9.17, 15) is 0 Å². The van der Waals surface area contributed by atoms with Gasteiger partial charge in [-0.05, 0) is 56.6 Å². The quantitative estimate of drug-likeness (QED) is 0.788. The van der Waals surface area contributed by atoms with Crippen molar-refractivity contribution in [1.82, 2.24) is 14.9 Å². The van der Waals surface area contributed by atoms with Gasteiger partial charge in [0.25, 0.3) is 0 Å². The number of pyridine rings is 1. The lowest BCUT2D eigenvalue weighted by Gasteiger charge is -2.28. The zero-order valence-electron chi connectivity index (χ0n) is 9.91. The molecule has 1 N–H and O–H groups in total. The van der Waals surface area contributed by atoms with E-state index in [0.29, 0.717) is 11.1 Å². The number of nitrogens with zero attached hydrogens (tertiary/aromatic N) is 2. The number of fused-ring (bicyclic) bond motifs is 1. The Bertz CT molecular complexity index is 526. The fourth-order valence-electron chi connectivity index (χ4n) is 2.63. The van der Waals surface area contributed by atoms with E-state index in [4.69, 9.17) is 11.6 Å². The normalized spacial score (nSPS) is 18.9. The van der Waals surface area contributed by atoms with Crippen molar-refractivity contribution in [3.63, 3.8) is 0 Å². The first kappa shape index (κ1) is 11.1. The first-order valence-electron chi connectivity index (χ1n) is 6.06. The molecule has 0 unspecified atom stereocenters. The standard InChI is InChI=1S/C13H16ClN3/c1-17-6-4-9(5-7-17)10-8-15-11-2-3-12(14)16-13(10)11/h2-3,8-9,15H,4-7H2,1H3. The Morgan fingerprint density at radius 2 is 2.12 bits per heavy atom. The fourth-order valence-corrected chi connectivity index (χ4v) is 2.77. The fraction of sp³-hybridized carbons (Fsp3) is 0.462. The molecule has 2 aromatic rings. The van der Waals surface area contributed by atoms with Crippen LogP contribution in [0.15, 0.2) is 18.3 Å². The van der Waals surface area contributed by atoms with Crippen molar-refractivity contribution in [3.8, 4) is 0 Å². The van der Waals surface area contributed by atoms with Gasteiger partial charge in [0.15, 0.2) is 0 Å². The Hall–Kier alpha value is -1.06. The predicted molar refractivity (Wildman–Crippen MR) is 70.6 cm³/mol. The Morgan fingerprint density at radius 1 is 1.35 bits per heavy atom. The van der Waals surface area contributed by atoms with Crippen LogP contribution in [0.4, 0.5) is 0 Å². The second-order valence-corrected chi connectivity index (χ2v) is 5.24. The molecule has 2 aromatic heterocycles. The molecule has 0 bridgehead atoms. The minimum atomic E-state index is 0.575. The van der Waals surface area contributed by atoms with Crippen LogP contribution >= 0.6 is 11.6 Å². The van der Waals surface area contributed by atoms with Gasteiger partial charge in [-0.1, -0.05) is 11.6 Å². The van der Waals surface area contributed by atoms with E-state index in [0.717, 1.165) is 24.1 Å². The van der Waals surface area contributed by atoms with Gasteiger partial charge in [0.1, 0.15) is 5.15 Å². The molecule has 0 aromatic carbocycles. The van der Waals surface area contributed by atoms with Crippen LogP contribution in [0.25, 0.3) is 11.0 Å². The maximum absolute atomic E-state index is 5.98. The van der Waals surface area contributed by atoms with Gasteiger partial charge in [-0.2, -0.15) is 0 Å². The highest BCUT2D eigenvalue weighted by atomic mass is 35.5. The van der Waals surface area contributed by atoms with Crippen molar-refractivity contribution in [3.05, 3.63) is 29.0 Å². The van der Waals surface area contributed by atoms with Crippen molar-refractivity contribution in [2.75, 3.05) is 20.1 Å². The van der Waals surface area contributed by atoms with E-state index in [1.807, 2.05) is 12.1 Å². The summed E-state index contributed by atoms with van der Waals surface area (Å²) >= 11 is 5.98. The second-order valence-electron chi connectivity index (χ2n) is 4.85. The lowest BCUT2D eigenvalue weighted by Crippen LogP contribution is -2.29. The van der Waals surface area contributed by atoms with Crippen LogP contribution in [0, 0.1) is 0 Å². The zero-order valence-corrected chi connectivity index (χ0v) is 10.7. The summed E-state index contributed by atoms with van der Waals surface area (Å²) in [5, 5.41) is 0.575. The van der Waals surface area contributed by atoms with Crippen LogP contribution in [0.2, 0.25) is 5.15 Å². The molecule has 0 spiro atoms. The topological polar surface area (TPSA) is 31.9 Å². The van der Waals surface area contributed by atoms with Gasteiger partial charge in [-0.3, -0.25) is 0 Å². The van der Waals surface area contributed by atoms with Crippen molar-refractivity contribution < 1.29 is 0 Å². The second kappa shape index (κ2) is 4.31. The molecule has 0 amide bonds. The summed E-state index contributed by atoms with van der Waals surface area (Å²) in [5.41, 5.74) is 3.46. The van der Waals surface area contributed by atoms with E-state index in [1.54, 1.807) is 0 Å². The molecule has 1 aliphatic heterocycles. The maximum atomic E-state index is 5.98. The van der Waals surface area contributed by atoms with Crippen LogP contribution < -0.4 is 0 Å². The lowest BCUT2D eigenvalue weighted by molar-refractivity contribution is 0.256. The molecule has 3 nitrogen and oxygen atoms in total. The number of H-pyrrole nitrogens is 1. The van der Waals surface area contributed by atoms with Gasteiger partial charge in [0.2, 0.25) is 0 Å². The third kappa shape index (κ3) is 2.05. The summed E-state index contributed by atoms with van der Waals surface area (Å²) in [6.07, 6.45) is 4.51. The van der Waals surface area contributed by atoms with E-state index in [1.165, 1.54) is 18.4 Å². The summed E-state index contributed by atoms with van der Waals surface area (Å²) < 4.78 is 0.